The van der Waals surface area contributed by atoms with E-state index in [1.54, 1.807) is 4.90 Å². The molecular formula is C10H16N2O3. The van der Waals surface area contributed by atoms with Crippen molar-refractivity contribution in [3.8, 4) is 0 Å². The topological polar surface area (TPSA) is 53.0 Å². The molecule has 5 heteroatoms. The summed E-state index contributed by atoms with van der Waals surface area (Å²) in [6.07, 6.45) is -0.761. The maximum Gasteiger partial charge on any atom is 0.407 e. The predicted octanol–water partition coefficient (Wildman–Crippen LogP) is -0.0732. The molecule has 2 saturated heterocycles. The van der Waals surface area contributed by atoms with E-state index in [4.69, 9.17) is 9.84 Å². The molecule has 0 radical (unpaired) electrons. The van der Waals surface area contributed by atoms with Crippen LogP contribution in [-0.4, -0.2) is 66.4 Å². The van der Waals surface area contributed by atoms with Crippen molar-refractivity contribution < 1.29 is 14.6 Å². The monoisotopic (exact) mass is 212 g/mol. The van der Waals surface area contributed by atoms with E-state index in [1.807, 2.05) is 0 Å². The maximum absolute atomic E-state index is 10.7. The van der Waals surface area contributed by atoms with Crippen LogP contribution in [0.5, 0.6) is 0 Å². The minimum absolute atomic E-state index is 0.596. The Morgan fingerprint density at radius 3 is 2.33 bits per heavy atom. The summed E-state index contributed by atoms with van der Waals surface area (Å²) >= 11 is 0. The van der Waals surface area contributed by atoms with Crippen LogP contribution in [0.15, 0.2) is 0 Å². The highest BCUT2D eigenvalue weighted by molar-refractivity contribution is 5.65. The number of hydrogen-bond donors (Lipinski definition) is 1. The van der Waals surface area contributed by atoms with Gasteiger partial charge in [-0.25, -0.2) is 4.79 Å². The Bertz CT molecular complexity index is 266. The first-order chi connectivity index (χ1) is 7.27. The Kier molecular flexibility index (Phi) is 2.10. The number of amides is 1. The smallest absolute Gasteiger partial charge is 0.407 e. The number of fused-ring (bicyclic) bond motifs is 1. The molecule has 0 bridgehead atoms. The molecule has 0 aromatic heterocycles. The number of hydrogen-bond acceptors (Lipinski definition) is 3. The SMILES string of the molecule is O=C(O)N1CC2C(C1)C2N1CCOCC1. The average Bonchev–Trinajstić information content (AvgIpc) is 2.74. The van der Waals surface area contributed by atoms with Gasteiger partial charge in [0.25, 0.3) is 0 Å². The number of piperidine rings is 1. The van der Waals surface area contributed by atoms with Gasteiger partial charge in [-0.15, -0.1) is 0 Å². The molecule has 0 aromatic rings. The summed E-state index contributed by atoms with van der Waals surface area (Å²) < 4.78 is 5.31. The number of rotatable bonds is 1. The van der Waals surface area contributed by atoms with Gasteiger partial charge in [-0.3, -0.25) is 4.90 Å². The summed E-state index contributed by atoms with van der Waals surface area (Å²) in [6.45, 7) is 5.18. The molecule has 2 aliphatic heterocycles. The van der Waals surface area contributed by atoms with Crippen molar-refractivity contribution in [3.63, 3.8) is 0 Å². The molecule has 0 spiro atoms. The minimum atomic E-state index is -0.761. The lowest BCUT2D eigenvalue weighted by Gasteiger charge is -2.29. The average molecular weight is 212 g/mol. The molecule has 2 unspecified atom stereocenters. The zero-order valence-corrected chi connectivity index (χ0v) is 8.63. The van der Waals surface area contributed by atoms with Crippen LogP contribution in [0.25, 0.3) is 0 Å². The lowest BCUT2D eigenvalue weighted by molar-refractivity contribution is 0.0261. The quantitative estimate of drug-likeness (QED) is 0.661. The van der Waals surface area contributed by atoms with Crippen LogP contribution >= 0.6 is 0 Å². The summed E-state index contributed by atoms with van der Waals surface area (Å²) in [5, 5.41) is 8.84. The molecule has 3 rings (SSSR count). The molecule has 3 fully saturated rings. The Labute approximate surface area is 88.6 Å². The van der Waals surface area contributed by atoms with Gasteiger partial charge in [-0.1, -0.05) is 0 Å². The number of ether oxygens (including phenoxy) is 1. The molecule has 2 atom stereocenters. The van der Waals surface area contributed by atoms with Crippen molar-refractivity contribution in [2.75, 3.05) is 39.4 Å². The summed E-state index contributed by atoms with van der Waals surface area (Å²) in [6, 6.07) is 0.643. The first kappa shape index (κ1) is 9.42. The fraction of sp³-hybridized carbons (Fsp3) is 0.900. The number of carbonyl (C=O) groups is 1. The molecule has 1 N–H and O–H groups in total. The third kappa shape index (κ3) is 1.50. The Hall–Kier alpha value is -0.810. The van der Waals surface area contributed by atoms with E-state index >= 15 is 0 Å². The van der Waals surface area contributed by atoms with Gasteiger partial charge in [0.15, 0.2) is 0 Å². The van der Waals surface area contributed by atoms with E-state index in [-0.39, 0.29) is 0 Å². The van der Waals surface area contributed by atoms with Crippen LogP contribution in [0.4, 0.5) is 4.79 Å². The summed E-state index contributed by atoms with van der Waals surface area (Å²) in [5.74, 6) is 1.19. The Morgan fingerprint density at radius 1 is 1.20 bits per heavy atom. The molecule has 3 aliphatic rings. The molecule has 0 aromatic carbocycles. The number of carboxylic acid groups (broad SMARTS) is 1. The Morgan fingerprint density at radius 2 is 1.80 bits per heavy atom. The molecule has 84 valence electrons. The first-order valence-electron chi connectivity index (χ1n) is 5.57. The van der Waals surface area contributed by atoms with Gasteiger partial charge in [0.1, 0.15) is 0 Å². The van der Waals surface area contributed by atoms with Crippen LogP contribution < -0.4 is 0 Å². The van der Waals surface area contributed by atoms with E-state index < -0.39 is 6.09 Å². The summed E-state index contributed by atoms with van der Waals surface area (Å²) in [4.78, 5) is 14.8. The summed E-state index contributed by atoms with van der Waals surface area (Å²) in [7, 11) is 0. The van der Waals surface area contributed by atoms with Crippen molar-refractivity contribution in [1.82, 2.24) is 9.80 Å². The molecule has 5 nitrogen and oxygen atoms in total. The molecule has 2 heterocycles. The fourth-order valence-electron chi connectivity index (χ4n) is 3.07. The van der Waals surface area contributed by atoms with Crippen LogP contribution in [0, 0.1) is 11.8 Å². The standard InChI is InChI=1S/C10H16N2O3/c13-10(14)12-5-7-8(6-12)9(7)11-1-3-15-4-2-11/h7-9H,1-6H2,(H,13,14). The van der Waals surface area contributed by atoms with E-state index in [1.165, 1.54) is 0 Å². The molecule has 1 aliphatic carbocycles. The predicted molar refractivity (Wildman–Crippen MR) is 52.8 cm³/mol. The van der Waals surface area contributed by atoms with Crippen LogP contribution in [-0.2, 0) is 4.74 Å². The van der Waals surface area contributed by atoms with Gasteiger partial charge in [-0.05, 0) is 11.8 Å². The zero-order chi connectivity index (χ0) is 10.4. The first-order valence-corrected chi connectivity index (χ1v) is 5.57. The highest BCUT2D eigenvalue weighted by Gasteiger charge is 2.59. The largest absolute Gasteiger partial charge is 0.465 e. The van der Waals surface area contributed by atoms with Crippen LogP contribution in [0.1, 0.15) is 0 Å². The fourth-order valence-corrected chi connectivity index (χ4v) is 3.07. The summed E-state index contributed by atoms with van der Waals surface area (Å²) in [5.41, 5.74) is 0. The Balaban J connectivity index is 1.55. The normalized spacial score (nSPS) is 40.3. The maximum atomic E-state index is 10.7. The van der Waals surface area contributed by atoms with Crippen molar-refractivity contribution in [3.05, 3.63) is 0 Å². The minimum Gasteiger partial charge on any atom is -0.465 e. The highest BCUT2D eigenvalue weighted by atomic mass is 16.5. The van der Waals surface area contributed by atoms with Crippen LogP contribution in [0.3, 0.4) is 0 Å². The second-order valence-corrected chi connectivity index (χ2v) is 4.65. The van der Waals surface area contributed by atoms with Gasteiger partial charge in [0, 0.05) is 32.2 Å². The van der Waals surface area contributed by atoms with Gasteiger partial charge in [0.2, 0.25) is 0 Å². The third-order valence-electron chi connectivity index (χ3n) is 3.89. The second-order valence-electron chi connectivity index (χ2n) is 4.65. The van der Waals surface area contributed by atoms with E-state index in [0.717, 1.165) is 39.4 Å². The van der Waals surface area contributed by atoms with Gasteiger partial charge >= 0.3 is 6.09 Å². The van der Waals surface area contributed by atoms with Gasteiger partial charge < -0.3 is 14.7 Å². The number of likely N-dealkylation sites (tertiary alicyclic amines) is 1. The number of morpholine rings is 1. The van der Waals surface area contributed by atoms with E-state index in [2.05, 4.69) is 4.90 Å². The van der Waals surface area contributed by atoms with Gasteiger partial charge in [-0.2, -0.15) is 0 Å². The van der Waals surface area contributed by atoms with Gasteiger partial charge in [0.05, 0.1) is 13.2 Å². The van der Waals surface area contributed by atoms with Crippen molar-refractivity contribution >= 4 is 6.09 Å². The zero-order valence-electron chi connectivity index (χ0n) is 8.63. The molecular weight excluding hydrogens is 196 g/mol. The molecule has 1 amide bonds. The van der Waals surface area contributed by atoms with Crippen molar-refractivity contribution in [2.45, 2.75) is 6.04 Å². The van der Waals surface area contributed by atoms with Crippen molar-refractivity contribution in [1.29, 1.82) is 0 Å². The van der Waals surface area contributed by atoms with E-state index in [0.29, 0.717) is 17.9 Å². The second kappa shape index (κ2) is 3.35. The lowest BCUT2D eigenvalue weighted by Crippen LogP contribution is -2.42. The highest BCUT2D eigenvalue weighted by Crippen LogP contribution is 2.48. The van der Waals surface area contributed by atoms with E-state index in [9.17, 15) is 4.79 Å². The number of nitrogens with zero attached hydrogens (tertiary/aromatic N) is 2. The molecule has 1 saturated carbocycles. The lowest BCUT2D eigenvalue weighted by atomic mass is 10.3. The van der Waals surface area contributed by atoms with Crippen molar-refractivity contribution in [2.24, 2.45) is 11.8 Å². The third-order valence-corrected chi connectivity index (χ3v) is 3.89. The van der Waals surface area contributed by atoms with Crippen LogP contribution in [0.2, 0.25) is 0 Å². The molecule has 15 heavy (non-hydrogen) atoms.